The van der Waals surface area contributed by atoms with Crippen molar-refractivity contribution in [2.24, 2.45) is 0 Å². The molecule has 0 saturated heterocycles. The topological polar surface area (TPSA) is 63.9 Å². The molecule has 0 spiro atoms. The molecule has 1 aliphatic rings. The van der Waals surface area contributed by atoms with Crippen LogP contribution >= 0.6 is 11.6 Å². The van der Waals surface area contributed by atoms with Gasteiger partial charge in [0, 0.05) is 22.8 Å². The third kappa shape index (κ3) is 2.89. The van der Waals surface area contributed by atoms with Crippen molar-refractivity contribution in [1.82, 2.24) is 20.2 Å². The molecule has 1 atom stereocenters. The quantitative estimate of drug-likeness (QED) is 0.725. The van der Waals surface area contributed by atoms with E-state index in [1.807, 2.05) is 30.3 Å². The van der Waals surface area contributed by atoms with Crippen LogP contribution in [0.5, 0.6) is 0 Å². The van der Waals surface area contributed by atoms with Crippen LogP contribution < -0.4 is 4.90 Å². The van der Waals surface area contributed by atoms with E-state index in [0.717, 1.165) is 17.7 Å². The first-order valence-corrected chi connectivity index (χ1v) is 8.46. The molecule has 0 radical (unpaired) electrons. The van der Waals surface area contributed by atoms with Crippen LogP contribution in [-0.4, -0.2) is 32.7 Å². The molecular weight excluding hydrogens is 338 g/mol. The van der Waals surface area contributed by atoms with Crippen LogP contribution in [0.3, 0.4) is 0 Å². The van der Waals surface area contributed by atoms with Crippen molar-refractivity contribution in [2.75, 3.05) is 11.4 Å². The van der Waals surface area contributed by atoms with Crippen LogP contribution in [0.2, 0.25) is 5.02 Å². The van der Waals surface area contributed by atoms with Gasteiger partial charge >= 0.3 is 0 Å². The number of tetrazole rings is 1. The fourth-order valence-electron chi connectivity index (χ4n) is 3.00. The van der Waals surface area contributed by atoms with Crippen LogP contribution in [-0.2, 0) is 11.2 Å². The zero-order chi connectivity index (χ0) is 17.4. The second kappa shape index (κ2) is 6.29. The highest BCUT2D eigenvalue weighted by Gasteiger charge is 2.29. The van der Waals surface area contributed by atoms with Gasteiger partial charge in [-0.3, -0.25) is 4.79 Å². The Labute approximate surface area is 150 Å². The summed E-state index contributed by atoms with van der Waals surface area (Å²) in [5.41, 5.74) is 2.97. The maximum Gasteiger partial charge on any atom is 0.253 e. The molecule has 6 nitrogen and oxygen atoms in total. The molecule has 0 aliphatic carbocycles. The van der Waals surface area contributed by atoms with Crippen molar-refractivity contribution < 1.29 is 4.79 Å². The molecular formula is C18H16ClN5O. The van der Waals surface area contributed by atoms with E-state index in [1.165, 1.54) is 10.4 Å². The summed E-state index contributed by atoms with van der Waals surface area (Å²) in [6.45, 7) is 2.47. The predicted octanol–water partition coefficient (Wildman–Crippen LogP) is 3.14. The molecule has 4 rings (SSSR count). The van der Waals surface area contributed by atoms with Crippen molar-refractivity contribution in [3.63, 3.8) is 0 Å². The van der Waals surface area contributed by atoms with E-state index in [2.05, 4.69) is 21.5 Å². The summed E-state index contributed by atoms with van der Waals surface area (Å²) < 4.78 is 0. The maximum atomic E-state index is 12.9. The van der Waals surface area contributed by atoms with Gasteiger partial charge in [-0.15, -0.1) is 10.2 Å². The van der Waals surface area contributed by atoms with Crippen molar-refractivity contribution in [3.05, 3.63) is 59.1 Å². The zero-order valence-corrected chi connectivity index (χ0v) is 14.4. The molecule has 0 saturated carbocycles. The first-order valence-electron chi connectivity index (χ1n) is 8.08. The average Bonchev–Trinajstić information content (AvgIpc) is 3.28. The number of aromatic nitrogens is 4. The molecule has 0 N–H and O–H groups in total. The van der Waals surface area contributed by atoms with Crippen LogP contribution in [0.25, 0.3) is 11.4 Å². The summed E-state index contributed by atoms with van der Waals surface area (Å²) in [5.74, 6) is 0.433. The highest BCUT2D eigenvalue weighted by molar-refractivity contribution is 6.30. The van der Waals surface area contributed by atoms with Crippen LogP contribution in [0.15, 0.2) is 48.5 Å². The largest absolute Gasteiger partial charge is 0.310 e. The Balaban J connectivity index is 1.56. The van der Waals surface area contributed by atoms with E-state index in [-0.39, 0.29) is 5.91 Å². The molecule has 0 bridgehead atoms. The fourth-order valence-corrected chi connectivity index (χ4v) is 3.12. The zero-order valence-electron chi connectivity index (χ0n) is 13.6. The number of rotatable bonds is 3. The second-order valence-corrected chi connectivity index (χ2v) is 6.42. The van der Waals surface area contributed by atoms with Crippen molar-refractivity contribution >= 4 is 23.2 Å². The fraction of sp³-hybridized carbons (Fsp3) is 0.222. The lowest BCUT2D eigenvalue weighted by Crippen LogP contribution is -2.35. The lowest BCUT2D eigenvalue weighted by Gasteiger charge is -2.20. The maximum absolute atomic E-state index is 12.9. The Hall–Kier alpha value is -2.73. The van der Waals surface area contributed by atoms with Gasteiger partial charge in [0.1, 0.15) is 6.04 Å². The number of amides is 1. The summed E-state index contributed by atoms with van der Waals surface area (Å²) in [7, 11) is 0. The van der Waals surface area contributed by atoms with Gasteiger partial charge in [-0.25, -0.2) is 0 Å². The second-order valence-electron chi connectivity index (χ2n) is 5.98. The molecule has 3 aromatic rings. The minimum absolute atomic E-state index is 0.0370. The number of carbonyl (C=O) groups excluding carboxylic acids is 1. The number of hydrogen-bond acceptors (Lipinski definition) is 4. The first-order chi connectivity index (χ1) is 12.1. The van der Waals surface area contributed by atoms with Gasteiger partial charge in [0.2, 0.25) is 5.82 Å². The monoisotopic (exact) mass is 353 g/mol. The van der Waals surface area contributed by atoms with Gasteiger partial charge in [0.15, 0.2) is 0 Å². The summed E-state index contributed by atoms with van der Waals surface area (Å²) in [4.78, 5) is 16.0. The number of hydrogen-bond donors (Lipinski definition) is 0. The summed E-state index contributed by atoms with van der Waals surface area (Å²) in [6.07, 6.45) is 0.870. The molecule has 2 aromatic carbocycles. The highest BCUT2D eigenvalue weighted by Crippen LogP contribution is 2.29. The molecule has 0 fully saturated rings. The molecule has 0 unspecified atom stereocenters. The van der Waals surface area contributed by atoms with Crippen LogP contribution in [0, 0.1) is 0 Å². The van der Waals surface area contributed by atoms with E-state index >= 15 is 0 Å². The number of carbonyl (C=O) groups is 1. The number of para-hydroxylation sites is 1. The number of nitrogens with zero attached hydrogens (tertiary/aromatic N) is 5. The smallest absolute Gasteiger partial charge is 0.253 e. The predicted molar refractivity (Wildman–Crippen MR) is 95.5 cm³/mol. The number of halogens is 1. The summed E-state index contributed by atoms with van der Waals surface area (Å²) in [5, 5.41) is 13.1. The molecule has 126 valence electrons. The number of anilines is 1. The van der Waals surface area contributed by atoms with Crippen LogP contribution in [0.4, 0.5) is 5.69 Å². The van der Waals surface area contributed by atoms with Crippen molar-refractivity contribution in [2.45, 2.75) is 19.4 Å². The van der Waals surface area contributed by atoms with Crippen molar-refractivity contribution in [1.29, 1.82) is 0 Å². The Bertz CT molecular complexity index is 921. The van der Waals surface area contributed by atoms with Gasteiger partial charge in [0.05, 0.1) is 0 Å². The third-order valence-electron chi connectivity index (χ3n) is 4.39. The summed E-state index contributed by atoms with van der Waals surface area (Å²) in [6, 6.07) is 14.6. The standard InChI is InChI=1S/C18H16ClN5O/c1-12(18(25)23-11-10-13-4-2-3-5-16(13)23)24-21-17(20-22-24)14-6-8-15(19)9-7-14/h2-9,12H,10-11H2,1H3/t12-/m0/s1. The number of benzene rings is 2. The van der Waals surface area contributed by atoms with Gasteiger partial charge in [-0.05, 0) is 54.5 Å². The summed E-state index contributed by atoms with van der Waals surface area (Å²) >= 11 is 5.90. The van der Waals surface area contributed by atoms with E-state index in [1.54, 1.807) is 24.0 Å². The molecule has 2 heterocycles. The van der Waals surface area contributed by atoms with Gasteiger partial charge in [0.25, 0.3) is 5.91 Å². The van der Waals surface area contributed by atoms with E-state index in [4.69, 9.17) is 11.6 Å². The van der Waals surface area contributed by atoms with E-state index < -0.39 is 6.04 Å². The van der Waals surface area contributed by atoms with E-state index in [0.29, 0.717) is 17.4 Å². The third-order valence-corrected chi connectivity index (χ3v) is 4.64. The van der Waals surface area contributed by atoms with Crippen LogP contribution in [0.1, 0.15) is 18.5 Å². The lowest BCUT2D eigenvalue weighted by atomic mass is 10.2. The SMILES string of the molecule is C[C@@H](C(=O)N1CCc2ccccc21)n1nnc(-c2ccc(Cl)cc2)n1. The highest BCUT2D eigenvalue weighted by atomic mass is 35.5. The minimum Gasteiger partial charge on any atom is -0.310 e. The molecule has 1 aliphatic heterocycles. The van der Waals surface area contributed by atoms with Crippen molar-refractivity contribution in [3.8, 4) is 11.4 Å². The number of fused-ring (bicyclic) bond motifs is 1. The van der Waals surface area contributed by atoms with E-state index in [9.17, 15) is 4.79 Å². The van der Waals surface area contributed by atoms with Gasteiger partial charge in [-0.2, -0.15) is 4.80 Å². The minimum atomic E-state index is -0.528. The first kappa shape index (κ1) is 15.8. The Morgan fingerprint density at radius 3 is 2.72 bits per heavy atom. The molecule has 1 aromatic heterocycles. The Morgan fingerprint density at radius 2 is 1.92 bits per heavy atom. The van der Waals surface area contributed by atoms with Gasteiger partial charge < -0.3 is 4.90 Å². The molecule has 1 amide bonds. The lowest BCUT2D eigenvalue weighted by molar-refractivity contribution is -0.121. The Kier molecular flexibility index (Phi) is 3.97. The molecule has 7 heteroatoms. The average molecular weight is 354 g/mol. The Morgan fingerprint density at radius 1 is 1.16 bits per heavy atom. The normalized spacial score (nSPS) is 14.4. The molecule has 25 heavy (non-hydrogen) atoms. The van der Waals surface area contributed by atoms with Gasteiger partial charge in [-0.1, -0.05) is 29.8 Å².